The van der Waals surface area contributed by atoms with Gasteiger partial charge >= 0.3 is 11.9 Å². The second-order valence-electron chi connectivity index (χ2n) is 6.51. The van der Waals surface area contributed by atoms with Crippen molar-refractivity contribution in [2.75, 3.05) is 6.61 Å². The number of carbonyl (C=O) groups is 2. The molecule has 1 aromatic carbocycles. The number of nitrogens with zero attached hydrogens (tertiary/aromatic N) is 4. The minimum absolute atomic E-state index is 0.172. The lowest BCUT2D eigenvalue weighted by Gasteiger charge is -2.06. The first-order valence-electron chi connectivity index (χ1n) is 9.14. The number of halogens is 1. The van der Waals surface area contributed by atoms with Crippen molar-refractivity contribution in [3.05, 3.63) is 57.7 Å². The van der Waals surface area contributed by atoms with Crippen molar-refractivity contribution in [2.24, 2.45) is 0 Å². The maximum atomic E-state index is 14.5. The Hall–Kier alpha value is -3.40. The molecule has 10 heteroatoms. The minimum atomic E-state index is -0.803. The van der Waals surface area contributed by atoms with Gasteiger partial charge in [-0.25, -0.2) is 23.5 Å². The normalized spacial score (nSPS) is 11.2. The molecule has 8 nitrogen and oxygen atoms in total. The second kappa shape index (κ2) is 7.79. The topological polar surface area (TPSA) is 95.7 Å². The van der Waals surface area contributed by atoms with Gasteiger partial charge in [-0.1, -0.05) is 6.07 Å². The van der Waals surface area contributed by atoms with E-state index in [4.69, 9.17) is 9.47 Å². The third kappa shape index (κ3) is 3.50. The van der Waals surface area contributed by atoms with Gasteiger partial charge in [-0.2, -0.15) is 4.98 Å². The van der Waals surface area contributed by atoms with E-state index in [0.29, 0.717) is 4.70 Å². The van der Waals surface area contributed by atoms with Crippen LogP contribution in [-0.2, 0) is 16.1 Å². The Bertz CT molecular complexity index is 1300. The summed E-state index contributed by atoms with van der Waals surface area (Å²) >= 11 is 1.09. The molecule has 154 valence electrons. The van der Waals surface area contributed by atoms with Crippen LogP contribution in [0.25, 0.3) is 15.9 Å². The monoisotopic (exact) mass is 428 g/mol. The highest BCUT2D eigenvalue weighted by Gasteiger charge is 2.24. The molecule has 0 aliphatic rings. The molecule has 0 amide bonds. The first-order chi connectivity index (χ1) is 14.4. The number of benzene rings is 1. The number of carbonyl (C=O) groups excluding carboxylic acids is 2. The van der Waals surface area contributed by atoms with E-state index >= 15 is 0 Å². The van der Waals surface area contributed by atoms with Crippen LogP contribution in [0.1, 0.15) is 44.2 Å². The summed E-state index contributed by atoms with van der Waals surface area (Å²) in [7, 11) is 0. The molecule has 0 fully saturated rings. The highest BCUT2D eigenvalue weighted by atomic mass is 32.1. The van der Waals surface area contributed by atoms with E-state index in [-0.39, 0.29) is 40.6 Å². The average Bonchev–Trinajstić information content (AvgIpc) is 3.29. The highest BCUT2D eigenvalue weighted by Crippen LogP contribution is 2.34. The van der Waals surface area contributed by atoms with Crippen LogP contribution in [0.15, 0.2) is 24.3 Å². The predicted molar refractivity (Wildman–Crippen MR) is 107 cm³/mol. The predicted octanol–water partition coefficient (Wildman–Crippen LogP) is 3.63. The maximum absolute atomic E-state index is 14.5. The van der Waals surface area contributed by atoms with Gasteiger partial charge in [-0.05, 0) is 39.0 Å². The molecule has 0 aliphatic carbocycles. The van der Waals surface area contributed by atoms with Crippen molar-refractivity contribution >= 4 is 39.1 Å². The van der Waals surface area contributed by atoms with Gasteiger partial charge in [0.2, 0.25) is 0 Å². The van der Waals surface area contributed by atoms with Crippen molar-refractivity contribution in [3.63, 3.8) is 0 Å². The standard InChI is InChI=1S/C20H17FN4O4S/c1-4-28-18(26)16-12(15-13(21)6-5-7-14(15)30-16)9-29-19(27)17-23-20-22-10(2)8-11(3)25(20)24-17/h5-8H,4,9H2,1-3H3. The first-order valence-corrected chi connectivity index (χ1v) is 9.95. The molecule has 3 aromatic heterocycles. The van der Waals surface area contributed by atoms with E-state index < -0.39 is 17.8 Å². The van der Waals surface area contributed by atoms with Gasteiger partial charge in [0.15, 0.2) is 0 Å². The van der Waals surface area contributed by atoms with Gasteiger partial charge in [0.25, 0.3) is 11.6 Å². The molecule has 0 bridgehead atoms. The van der Waals surface area contributed by atoms with Crippen LogP contribution < -0.4 is 0 Å². The fourth-order valence-corrected chi connectivity index (χ4v) is 4.24. The van der Waals surface area contributed by atoms with Crippen molar-refractivity contribution < 1.29 is 23.5 Å². The van der Waals surface area contributed by atoms with Crippen molar-refractivity contribution in [2.45, 2.75) is 27.4 Å². The van der Waals surface area contributed by atoms with Crippen LogP contribution in [0.3, 0.4) is 0 Å². The smallest absolute Gasteiger partial charge is 0.378 e. The number of aromatic nitrogens is 4. The van der Waals surface area contributed by atoms with Crippen LogP contribution in [0.5, 0.6) is 0 Å². The average molecular weight is 428 g/mol. The Morgan fingerprint density at radius 1 is 1.17 bits per heavy atom. The van der Waals surface area contributed by atoms with E-state index in [0.717, 1.165) is 22.7 Å². The Labute approximate surface area is 174 Å². The number of aryl methyl sites for hydroxylation is 2. The number of rotatable bonds is 5. The molecule has 0 saturated carbocycles. The summed E-state index contributed by atoms with van der Waals surface area (Å²) in [5.41, 5.74) is 1.76. The van der Waals surface area contributed by atoms with Crippen LogP contribution >= 0.6 is 11.3 Å². The van der Waals surface area contributed by atoms with Crippen molar-refractivity contribution in [3.8, 4) is 0 Å². The van der Waals surface area contributed by atoms with Crippen LogP contribution in [0.2, 0.25) is 0 Å². The molecule has 3 heterocycles. The first kappa shape index (κ1) is 19.9. The van der Waals surface area contributed by atoms with Gasteiger partial charge in [-0.15, -0.1) is 16.4 Å². The van der Waals surface area contributed by atoms with Gasteiger partial charge in [0, 0.05) is 27.0 Å². The molecule has 0 atom stereocenters. The number of hydrogen-bond acceptors (Lipinski definition) is 8. The molecular weight excluding hydrogens is 411 g/mol. The van der Waals surface area contributed by atoms with Crippen LogP contribution in [0, 0.1) is 19.7 Å². The highest BCUT2D eigenvalue weighted by molar-refractivity contribution is 7.21. The molecule has 4 aromatic rings. The van der Waals surface area contributed by atoms with Gasteiger partial charge in [0.1, 0.15) is 17.3 Å². The van der Waals surface area contributed by atoms with E-state index in [1.807, 2.05) is 19.9 Å². The Kier molecular flexibility index (Phi) is 5.17. The zero-order chi connectivity index (χ0) is 21.4. The van der Waals surface area contributed by atoms with Crippen molar-refractivity contribution in [1.82, 2.24) is 19.6 Å². The molecule has 0 radical (unpaired) electrons. The quantitative estimate of drug-likeness (QED) is 0.448. The zero-order valence-electron chi connectivity index (χ0n) is 16.4. The molecule has 30 heavy (non-hydrogen) atoms. The molecule has 0 N–H and O–H groups in total. The molecule has 0 spiro atoms. The summed E-state index contributed by atoms with van der Waals surface area (Å²) in [6, 6.07) is 6.34. The lowest BCUT2D eigenvalue weighted by Crippen LogP contribution is -2.11. The number of esters is 2. The van der Waals surface area contributed by atoms with Gasteiger partial charge in [-0.3, -0.25) is 0 Å². The Morgan fingerprint density at radius 2 is 1.97 bits per heavy atom. The fourth-order valence-electron chi connectivity index (χ4n) is 3.12. The number of thiophene rings is 1. The van der Waals surface area contributed by atoms with E-state index in [1.165, 1.54) is 10.6 Å². The Morgan fingerprint density at radius 3 is 2.73 bits per heavy atom. The third-order valence-electron chi connectivity index (χ3n) is 4.37. The molecule has 0 unspecified atom stereocenters. The summed E-state index contributed by atoms with van der Waals surface area (Å²) in [6.45, 7) is 5.16. The van der Waals surface area contributed by atoms with Crippen LogP contribution in [-0.4, -0.2) is 38.1 Å². The molecule has 0 saturated heterocycles. The summed E-state index contributed by atoms with van der Waals surface area (Å²) in [5, 5.41) is 4.36. The lowest BCUT2D eigenvalue weighted by atomic mass is 10.1. The Balaban J connectivity index is 1.66. The zero-order valence-corrected chi connectivity index (χ0v) is 17.2. The summed E-state index contributed by atoms with van der Waals surface area (Å²) in [4.78, 5) is 33.4. The van der Waals surface area contributed by atoms with Gasteiger partial charge < -0.3 is 9.47 Å². The summed E-state index contributed by atoms with van der Waals surface area (Å²) < 4.78 is 26.9. The SMILES string of the molecule is CCOC(=O)c1sc2cccc(F)c2c1COC(=O)c1nc2nc(C)cc(C)n2n1. The maximum Gasteiger partial charge on any atom is 0.378 e. The largest absolute Gasteiger partial charge is 0.462 e. The number of ether oxygens (including phenoxy) is 2. The third-order valence-corrected chi connectivity index (χ3v) is 5.55. The van der Waals surface area contributed by atoms with E-state index in [9.17, 15) is 14.0 Å². The second-order valence-corrected chi connectivity index (χ2v) is 7.56. The summed E-state index contributed by atoms with van der Waals surface area (Å²) in [6.07, 6.45) is 0. The summed E-state index contributed by atoms with van der Waals surface area (Å²) in [5.74, 6) is -1.80. The van der Waals surface area contributed by atoms with E-state index in [1.54, 1.807) is 19.1 Å². The molecular formula is C20H17FN4O4S. The number of fused-ring (bicyclic) bond motifs is 2. The fraction of sp³-hybridized carbons (Fsp3) is 0.250. The molecule has 4 rings (SSSR count). The van der Waals surface area contributed by atoms with E-state index in [2.05, 4.69) is 15.1 Å². The molecule has 0 aliphatic heterocycles. The number of hydrogen-bond donors (Lipinski definition) is 0. The van der Waals surface area contributed by atoms with Crippen molar-refractivity contribution in [1.29, 1.82) is 0 Å². The van der Waals surface area contributed by atoms with Crippen LogP contribution in [0.4, 0.5) is 4.39 Å². The minimum Gasteiger partial charge on any atom is -0.462 e. The lowest BCUT2D eigenvalue weighted by molar-refractivity contribution is 0.0443. The van der Waals surface area contributed by atoms with Gasteiger partial charge in [0.05, 0.1) is 6.61 Å².